The molecule has 0 spiro atoms. The summed E-state index contributed by atoms with van der Waals surface area (Å²) in [6.07, 6.45) is 11.2. The maximum Gasteiger partial charge on any atom is 0.239 e. The SMILES string of the molecule is CC1CCCCC1.Cc1nc(NCC(=O)NCc2ccc(C#N)cc2)cc(-n2cccc2)n1. The van der Waals surface area contributed by atoms with Crippen LogP contribution in [0.4, 0.5) is 5.82 Å². The maximum atomic E-state index is 12.0. The summed E-state index contributed by atoms with van der Waals surface area (Å²) in [6.45, 7) is 4.68. The lowest BCUT2D eigenvalue weighted by Crippen LogP contribution is -2.29. The Morgan fingerprint density at radius 2 is 1.82 bits per heavy atom. The molecule has 0 saturated heterocycles. The van der Waals surface area contributed by atoms with Gasteiger partial charge < -0.3 is 15.2 Å². The largest absolute Gasteiger partial charge is 0.361 e. The average molecular weight is 445 g/mol. The van der Waals surface area contributed by atoms with E-state index >= 15 is 0 Å². The second kappa shape index (κ2) is 12.4. The average Bonchev–Trinajstić information content (AvgIpc) is 3.38. The molecule has 3 aromatic rings. The molecule has 2 aromatic heterocycles. The molecule has 1 fully saturated rings. The fourth-order valence-electron chi connectivity index (χ4n) is 3.70. The predicted molar refractivity (Wildman–Crippen MR) is 130 cm³/mol. The van der Waals surface area contributed by atoms with Gasteiger partial charge in [0.05, 0.1) is 18.2 Å². The molecule has 2 N–H and O–H groups in total. The number of rotatable bonds is 6. The summed E-state index contributed by atoms with van der Waals surface area (Å²) >= 11 is 0. The number of nitriles is 1. The first-order valence-corrected chi connectivity index (χ1v) is 11.5. The van der Waals surface area contributed by atoms with Crippen LogP contribution in [0, 0.1) is 24.2 Å². The topological polar surface area (TPSA) is 95.6 Å². The van der Waals surface area contributed by atoms with Crippen molar-refractivity contribution >= 4 is 11.7 Å². The van der Waals surface area contributed by atoms with Gasteiger partial charge in [0.25, 0.3) is 0 Å². The zero-order valence-corrected chi connectivity index (χ0v) is 19.4. The van der Waals surface area contributed by atoms with E-state index in [0.717, 1.165) is 17.3 Å². The van der Waals surface area contributed by atoms with Crippen LogP contribution in [0.5, 0.6) is 0 Å². The highest BCUT2D eigenvalue weighted by atomic mass is 16.1. The molecule has 0 bridgehead atoms. The predicted octanol–water partition coefficient (Wildman–Crippen LogP) is 4.76. The molecule has 1 aromatic carbocycles. The first-order valence-electron chi connectivity index (χ1n) is 11.5. The Balaban J connectivity index is 0.000000374. The second-order valence-electron chi connectivity index (χ2n) is 8.43. The van der Waals surface area contributed by atoms with Gasteiger partial charge in [-0.1, -0.05) is 51.2 Å². The third-order valence-corrected chi connectivity index (χ3v) is 5.59. The van der Waals surface area contributed by atoms with Crippen molar-refractivity contribution in [3.8, 4) is 11.9 Å². The van der Waals surface area contributed by atoms with Crippen molar-refractivity contribution in [2.24, 2.45) is 5.92 Å². The van der Waals surface area contributed by atoms with Gasteiger partial charge in [-0.2, -0.15) is 5.26 Å². The van der Waals surface area contributed by atoms with Crippen molar-refractivity contribution < 1.29 is 4.79 Å². The summed E-state index contributed by atoms with van der Waals surface area (Å²) in [5.74, 6) is 2.84. The number of nitrogens with one attached hydrogen (secondary N) is 2. The summed E-state index contributed by atoms with van der Waals surface area (Å²) in [5.41, 5.74) is 1.53. The molecule has 0 aliphatic heterocycles. The lowest BCUT2D eigenvalue weighted by atomic mass is 9.91. The van der Waals surface area contributed by atoms with Crippen LogP contribution >= 0.6 is 0 Å². The Morgan fingerprint density at radius 3 is 2.42 bits per heavy atom. The highest BCUT2D eigenvalue weighted by molar-refractivity contribution is 5.80. The van der Waals surface area contributed by atoms with E-state index in [1.54, 1.807) is 18.2 Å². The Hall–Kier alpha value is -3.66. The number of carbonyl (C=O) groups is 1. The molecule has 1 aliphatic carbocycles. The molecule has 1 amide bonds. The van der Waals surface area contributed by atoms with Gasteiger partial charge in [0.1, 0.15) is 17.5 Å². The van der Waals surface area contributed by atoms with Crippen LogP contribution in [-0.4, -0.2) is 27.0 Å². The van der Waals surface area contributed by atoms with Crippen LogP contribution in [0.2, 0.25) is 0 Å². The maximum absolute atomic E-state index is 12.0. The van der Waals surface area contributed by atoms with Crippen LogP contribution in [0.1, 0.15) is 56.0 Å². The Kier molecular flexibility index (Phi) is 9.01. The molecule has 33 heavy (non-hydrogen) atoms. The number of carbonyl (C=O) groups excluding carboxylic acids is 1. The molecule has 0 unspecified atom stereocenters. The lowest BCUT2D eigenvalue weighted by molar-refractivity contribution is -0.119. The third-order valence-electron chi connectivity index (χ3n) is 5.59. The van der Waals surface area contributed by atoms with Crippen molar-refractivity contribution in [1.29, 1.82) is 5.26 Å². The van der Waals surface area contributed by atoms with Gasteiger partial charge in [0.2, 0.25) is 5.91 Å². The third kappa shape index (κ3) is 8.08. The van der Waals surface area contributed by atoms with Crippen LogP contribution in [0.3, 0.4) is 0 Å². The quantitative estimate of drug-likeness (QED) is 0.571. The number of hydrogen-bond acceptors (Lipinski definition) is 5. The zero-order valence-electron chi connectivity index (χ0n) is 19.4. The van der Waals surface area contributed by atoms with E-state index in [9.17, 15) is 4.79 Å². The van der Waals surface area contributed by atoms with Gasteiger partial charge in [-0.15, -0.1) is 0 Å². The molecule has 1 saturated carbocycles. The van der Waals surface area contributed by atoms with Crippen molar-refractivity contribution in [2.45, 2.75) is 52.5 Å². The minimum Gasteiger partial charge on any atom is -0.361 e. The second-order valence-corrected chi connectivity index (χ2v) is 8.43. The van der Waals surface area contributed by atoms with E-state index in [2.05, 4.69) is 33.6 Å². The van der Waals surface area contributed by atoms with E-state index in [0.29, 0.717) is 23.8 Å². The highest BCUT2D eigenvalue weighted by Gasteiger charge is 2.07. The molecule has 4 rings (SSSR count). The van der Waals surface area contributed by atoms with Crippen molar-refractivity contribution in [1.82, 2.24) is 19.9 Å². The van der Waals surface area contributed by atoms with Gasteiger partial charge in [-0.25, -0.2) is 9.97 Å². The Morgan fingerprint density at radius 1 is 1.12 bits per heavy atom. The number of aromatic nitrogens is 3. The zero-order chi connectivity index (χ0) is 23.5. The summed E-state index contributed by atoms with van der Waals surface area (Å²) < 4.78 is 1.88. The molecule has 172 valence electrons. The monoisotopic (exact) mass is 444 g/mol. The fraction of sp³-hybridized carbons (Fsp3) is 0.385. The minimum absolute atomic E-state index is 0.109. The highest BCUT2D eigenvalue weighted by Crippen LogP contribution is 2.22. The molecule has 0 radical (unpaired) electrons. The van der Waals surface area contributed by atoms with E-state index < -0.39 is 0 Å². The van der Waals surface area contributed by atoms with Crippen molar-refractivity contribution in [3.05, 3.63) is 71.8 Å². The normalized spacial score (nSPS) is 13.4. The van der Waals surface area contributed by atoms with Crippen LogP contribution in [-0.2, 0) is 11.3 Å². The van der Waals surface area contributed by atoms with Gasteiger partial charge in [0.15, 0.2) is 0 Å². The summed E-state index contributed by atoms with van der Waals surface area (Å²) in [5, 5.41) is 14.6. The molecule has 0 atom stereocenters. The summed E-state index contributed by atoms with van der Waals surface area (Å²) in [7, 11) is 0. The fourth-order valence-corrected chi connectivity index (χ4v) is 3.70. The summed E-state index contributed by atoms with van der Waals surface area (Å²) in [6, 6.07) is 14.8. The summed E-state index contributed by atoms with van der Waals surface area (Å²) in [4.78, 5) is 20.7. The van der Waals surface area contributed by atoms with Crippen LogP contribution < -0.4 is 10.6 Å². The van der Waals surface area contributed by atoms with Crippen molar-refractivity contribution in [3.63, 3.8) is 0 Å². The van der Waals surface area contributed by atoms with E-state index in [-0.39, 0.29) is 12.5 Å². The Bertz CT molecular complexity index is 1050. The minimum atomic E-state index is -0.145. The molecule has 7 heteroatoms. The Labute approximate surface area is 195 Å². The molecular weight excluding hydrogens is 412 g/mol. The van der Waals surface area contributed by atoms with Gasteiger partial charge in [-0.05, 0) is 42.7 Å². The molecular formula is C26H32N6O. The van der Waals surface area contributed by atoms with E-state index in [4.69, 9.17) is 5.26 Å². The first kappa shape index (κ1) is 24.0. The van der Waals surface area contributed by atoms with E-state index in [1.165, 1.54) is 32.1 Å². The number of hydrogen-bond donors (Lipinski definition) is 2. The molecule has 2 heterocycles. The number of anilines is 1. The van der Waals surface area contributed by atoms with Crippen molar-refractivity contribution in [2.75, 3.05) is 11.9 Å². The number of nitrogens with zero attached hydrogens (tertiary/aromatic N) is 4. The lowest BCUT2D eigenvalue weighted by Gasteiger charge is -2.15. The molecule has 1 aliphatic rings. The van der Waals surface area contributed by atoms with Gasteiger partial charge in [0, 0.05) is 25.0 Å². The van der Waals surface area contributed by atoms with Gasteiger partial charge >= 0.3 is 0 Å². The van der Waals surface area contributed by atoms with Gasteiger partial charge in [-0.3, -0.25) is 4.79 Å². The number of amides is 1. The molecule has 7 nitrogen and oxygen atoms in total. The van der Waals surface area contributed by atoms with Crippen LogP contribution in [0.15, 0.2) is 54.9 Å². The number of benzene rings is 1. The van der Waals surface area contributed by atoms with Crippen LogP contribution in [0.25, 0.3) is 5.82 Å². The standard InChI is InChI=1S/C19H18N6O.C7H14/c1-14-23-17(10-18(24-14)25-8-2-3-9-25)21-13-19(26)22-12-16-6-4-15(11-20)5-7-16;1-7-5-3-2-4-6-7/h2-10H,12-13H2,1H3,(H,22,26)(H,21,23,24);7H,2-6H2,1H3. The first-order chi connectivity index (χ1) is 16.0. The smallest absolute Gasteiger partial charge is 0.239 e. The van der Waals surface area contributed by atoms with E-state index in [1.807, 2.05) is 48.1 Å². The number of aryl methyl sites for hydroxylation is 1.